The van der Waals surface area contributed by atoms with Crippen LogP contribution >= 0.6 is 0 Å². The van der Waals surface area contributed by atoms with E-state index >= 15 is 0 Å². The van der Waals surface area contributed by atoms with Gasteiger partial charge in [0.25, 0.3) is 0 Å². The van der Waals surface area contributed by atoms with E-state index in [4.69, 9.17) is 9.97 Å². The largest absolute Gasteiger partial charge is 0.228 e. The molecule has 9 aromatic rings. The minimum absolute atomic E-state index is 0.0312. The average molecular weight is 794 g/mol. The molecular formula is C59H43N3. The number of nitrogens with zero attached hydrogens (tertiary/aromatic N) is 3. The van der Waals surface area contributed by atoms with Crippen molar-refractivity contribution in [2.75, 3.05) is 0 Å². The van der Waals surface area contributed by atoms with Gasteiger partial charge >= 0.3 is 0 Å². The molecule has 0 bridgehead atoms. The van der Waals surface area contributed by atoms with E-state index in [0.717, 1.165) is 57.6 Å². The fraction of sp³-hybridized carbons (Fsp3) is 0.102. The van der Waals surface area contributed by atoms with Crippen LogP contribution in [-0.2, 0) is 5.41 Å². The molecule has 0 amide bonds. The van der Waals surface area contributed by atoms with Crippen molar-refractivity contribution < 1.29 is 0 Å². The molecule has 11 rings (SSSR count). The van der Waals surface area contributed by atoms with Crippen LogP contribution in [0.1, 0.15) is 48.8 Å². The van der Waals surface area contributed by atoms with Crippen LogP contribution in [-0.4, -0.2) is 9.97 Å². The van der Waals surface area contributed by atoms with Gasteiger partial charge in [-0.15, -0.1) is 0 Å². The highest BCUT2D eigenvalue weighted by molar-refractivity contribution is 5.86. The Labute approximate surface area is 363 Å². The molecular weight excluding hydrogens is 751 g/mol. The van der Waals surface area contributed by atoms with E-state index in [0.29, 0.717) is 5.82 Å². The molecule has 0 radical (unpaired) electrons. The standard InChI is InChI=1S/C59H43N3/c60-39-40-20-31-54-53(34-40)52-30-29-51(37-55(52)59(54)32-8-3-9-33-59)50-19-11-18-49(36-50)48-17-10-16-47(35-48)43-23-27-45(28-24-43)57-38-56(61-58(62-57)46-14-6-2-7-15-46)44-25-21-42(22-26-44)41-12-4-1-5-13-41/h1-2,4-7,10-31,34-38H,3,8-9,32-33H2. The molecule has 8 aromatic carbocycles. The molecule has 2 aliphatic rings. The Morgan fingerprint density at radius 3 is 1.40 bits per heavy atom. The average Bonchev–Trinajstić information content (AvgIpc) is 3.61. The fourth-order valence-corrected chi connectivity index (χ4v) is 9.96. The summed E-state index contributed by atoms with van der Waals surface area (Å²) in [7, 11) is 0. The summed E-state index contributed by atoms with van der Waals surface area (Å²) >= 11 is 0. The highest BCUT2D eigenvalue weighted by Gasteiger charge is 2.43. The van der Waals surface area contributed by atoms with Gasteiger partial charge in [0.05, 0.1) is 23.0 Å². The molecule has 0 saturated heterocycles. The Kier molecular flexibility index (Phi) is 9.48. The normalized spacial score (nSPS) is 13.6. The summed E-state index contributed by atoms with van der Waals surface area (Å²) in [6.07, 6.45) is 6.08. The summed E-state index contributed by atoms with van der Waals surface area (Å²) in [5.74, 6) is 0.705. The molecule has 1 aromatic heterocycles. The maximum Gasteiger partial charge on any atom is 0.160 e. The maximum absolute atomic E-state index is 9.73. The number of rotatable bonds is 7. The Hall–Kier alpha value is -7.67. The van der Waals surface area contributed by atoms with Crippen molar-refractivity contribution in [2.45, 2.75) is 37.5 Å². The molecule has 0 unspecified atom stereocenters. The molecule has 1 spiro atoms. The van der Waals surface area contributed by atoms with Crippen molar-refractivity contribution in [3.05, 3.63) is 217 Å². The molecule has 0 N–H and O–H groups in total. The number of nitriles is 1. The van der Waals surface area contributed by atoms with Crippen molar-refractivity contribution in [1.29, 1.82) is 5.26 Å². The van der Waals surface area contributed by atoms with Gasteiger partial charge < -0.3 is 0 Å². The van der Waals surface area contributed by atoms with Crippen LogP contribution < -0.4 is 0 Å². The molecule has 2 aliphatic carbocycles. The predicted molar refractivity (Wildman–Crippen MR) is 254 cm³/mol. The molecule has 3 nitrogen and oxygen atoms in total. The number of hydrogen-bond donors (Lipinski definition) is 0. The highest BCUT2D eigenvalue weighted by atomic mass is 14.9. The first-order valence-electron chi connectivity index (χ1n) is 21.7. The van der Waals surface area contributed by atoms with E-state index in [9.17, 15) is 5.26 Å². The third kappa shape index (κ3) is 6.81. The lowest BCUT2D eigenvalue weighted by molar-refractivity contribution is 0.353. The second-order valence-corrected chi connectivity index (χ2v) is 16.8. The van der Waals surface area contributed by atoms with Crippen molar-refractivity contribution in [3.63, 3.8) is 0 Å². The van der Waals surface area contributed by atoms with Gasteiger partial charge in [0.15, 0.2) is 5.82 Å². The number of benzene rings is 8. The van der Waals surface area contributed by atoms with Crippen LogP contribution in [0.25, 0.3) is 89.5 Å². The first kappa shape index (κ1) is 37.3. The number of hydrogen-bond acceptors (Lipinski definition) is 3. The molecule has 1 heterocycles. The summed E-state index contributed by atoms with van der Waals surface area (Å²) in [6.45, 7) is 0. The summed E-state index contributed by atoms with van der Waals surface area (Å²) < 4.78 is 0. The Morgan fingerprint density at radius 1 is 0.355 bits per heavy atom. The quantitative estimate of drug-likeness (QED) is 0.161. The van der Waals surface area contributed by atoms with Crippen LogP contribution in [0.4, 0.5) is 0 Å². The molecule has 1 fully saturated rings. The zero-order chi connectivity index (χ0) is 41.5. The van der Waals surface area contributed by atoms with Gasteiger partial charge in [-0.3, -0.25) is 0 Å². The van der Waals surface area contributed by atoms with Crippen LogP contribution in [0.5, 0.6) is 0 Å². The second kappa shape index (κ2) is 15.7. The fourth-order valence-electron chi connectivity index (χ4n) is 9.96. The zero-order valence-electron chi connectivity index (χ0n) is 34.4. The molecule has 0 aliphatic heterocycles. The summed E-state index contributed by atoms with van der Waals surface area (Å²) in [5.41, 5.74) is 20.5. The monoisotopic (exact) mass is 793 g/mol. The molecule has 62 heavy (non-hydrogen) atoms. The Balaban J connectivity index is 0.892. The van der Waals surface area contributed by atoms with Crippen LogP contribution in [0.2, 0.25) is 0 Å². The van der Waals surface area contributed by atoms with E-state index < -0.39 is 0 Å². The smallest absolute Gasteiger partial charge is 0.160 e. The maximum atomic E-state index is 9.73. The van der Waals surface area contributed by atoms with E-state index in [-0.39, 0.29) is 5.41 Å². The van der Waals surface area contributed by atoms with E-state index in [1.54, 1.807) is 0 Å². The third-order valence-electron chi connectivity index (χ3n) is 13.1. The topological polar surface area (TPSA) is 49.6 Å². The summed E-state index contributed by atoms with van der Waals surface area (Å²) in [6, 6.07) is 73.8. The van der Waals surface area contributed by atoms with Gasteiger partial charge in [0.2, 0.25) is 0 Å². The SMILES string of the molecule is N#Cc1ccc2c(c1)-c1ccc(-c3cccc(-c4cccc(-c5ccc(-c6cc(-c7ccc(-c8ccccc8)cc7)nc(-c7ccccc7)n6)cc5)c4)c3)cc1C21CCCCC1. The minimum Gasteiger partial charge on any atom is -0.228 e. The van der Waals surface area contributed by atoms with Gasteiger partial charge in [-0.05, 0) is 116 Å². The Bertz CT molecular complexity index is 3140. The van der Waals surface area contributed by atoms with E-state index in [1.165, 1.54) is 74.9 Å². The lowest BCUT2D eigenvalue weighted by Gasteiger charge is -2.36. The minimum atomic E-state index is 0.0312. The van der Waals surface area contributed by atoms with Crippen molar-refractivity contribution in [1.82, 2.24) is 9.97 Å². The van der Waals surface area contributed by atoms with Crippen LogP contribution in [0, 0.1) is 11.3 Å². The van der Waals surface area contributed by atoms with Crippen LogP contribution in [0.15, 0.2) is 200 Å². The molecule has 294 valence electrons. The zero-order valence-corrected chi connectivity index (χ0v) is 34.4. The number of aromatic nitrogens is 2. The predicted octanol–water partition coefficient (Wildman–Crippen LogP) is 15.2. The van der Waals surface area contributed by atoms with Gasteiger partial charge in [-0.1, -0.05) is 183 Å². The van der Waals surface area contributed by atoms with Crippen molar-refractivity contribution >= 4 is 0 Å². The molecule has 0 atom stereocenters. The first-order valence-corrected chi connectivity index (χ1v) is 21.7. The second-order valence-electron chi connectivity index (χ2n) is 16.8. The van der Waals surface area contributed by atoms with Crippen molar-refractivity contribution in [3.8, 4) is 95.6 Å². The molecule has 1 saturated carbocycles. The highest BCUT2D eigenvalue weighted by Crippen LogP contribution is 2.56. The lowest BCUT2D eigenvalue weighted by atomic mass is 9.67. The number of fused-ring (bicyclic) bond motifs is 5. The summed E-state index contributed by atoms with van der Waals surface area (Å²) in [5, 5.41) is 9.73. The molecule has 3 heteroatoms. The first-order chi connectivity index (χ1) is 30.6. The van der Waals surface area contributed by atoms with Gasteiger partial charge in [-0.25, -0.2) is 9.97 Å². The van der Waals surface area contributed by atoms with Gasteiger partial charge in [0.1, 0.15) is 0 Å². The van der Waals surface area contributed by atoms with E-state index in [1.807, 2.05) is 30.3 Å². The lowest BCUT2D eigenvalue weighted by Crippen LogP contribution is -2.28. The van der Waals surface area contributed by atoms with Gasteiger partial charge in [0, 0.05) is 22.1 Å². The van der Waals surface area contributed by atoms with Gasteiger partial charge in [-0.2, -0.15) is 5.26 Å². The van der Waals surface area contributed by atoms with Crippen molar-refractivity contribution in [2.24, 2.45) is 0 Å². The summed E-state index contributed by atoms with van der Waals surface area (Å²) in [4.78, 5) is 10.2. The van der Waals surface area contributed by atoms with Crippen LogP contribution in [0.3, 0.4) is 0 Å². The Morgan fingerprint density at radius 2 is 0.823 bits per heavy atom. The third-order valence-corrected chi connectivity index (χ3v) is 13.1. The van der Waals surface area contributed by atoms with E-state index in [2.05, 4.69) is 176 Å².